The van der Waals surface area contributed by atoms with Gasteiger partial charge in [-0.2, -0.15) is 4.68 Å². The van der Waals surface area contributed by atoms with E-state index in [2.05, 4.69) is 5.10 Å². The third-order valence-corrected chi connectivity index (χ3v) is 4.86. The van der Waals surface area contributed by atoms with Gasteiger partial charge >= 0.3 is 5.97 Å². The van der Waals surface area contributed by atoms with Crippen LogP contribution in [0.15, 0.2) is 22.6 Å². The van der Waals surface area contributed by atoms with E-state index in [1.807, 2.05) is 6.07 Å². The van der Waals surface area contributed by atoms with Gasteiger partial charge in [0.1, 0.15) is 12.6 Å². The summed E-state index contributed by atoms with van der Waals surface area (Å²) < 4.78 is 22.6. The number of aliphatic hydroxyl groups excluding tert-OH is 1. The molecule has 0 saturated carbocycles. The molecule has 26 heavy (non-hydrogen) atoms. The molecule has 0 radical (unpaired) electrons. The SMILES string of the molecule is COC(=O)[C@@H]1C[C@@H](O)C[NH+]1Cn1nc(-c2ccc3c(c2)OCO3)oc1=S. The lowest BCUT2D eigenvalue weighted by Crippen LogP contribution is -3.14. The Kier molecular flexibility index (Phi) is 4.39. The number of carbonyl (C=O) groups is 1. The van der Waals surface area contributed by atoms with Crippen LogP contribution in [0.5, 0.6) is 11.5 Å². The summed E-state index contributed by atoms with van der Waals surface area (Å²) in [6, 6.07) is 4.91. The molecule has 2 aliphatic heterocycles. The van der Waals surface area contributed by atoms with Gasteiger partial charge in [-0.3, -0.25) is 0 Å². The van der Waals surface area contributed by atoms with Crippen LogP contribution in [0.4, 0.5) is 0 Å². The zero-order valence-corrected chi connectivity index (χ0v) is 14.8. The molecule has 2 N–H and O–H groups in total. The largest absolute Gasteiger partial charge is 0.465 e. The van der Waals surface area contributed by atoms with Crippen molar-refractivity contribution in [2.24, 2.45) is 0 Å². The van der Waals surface area contributed by atoms with E-state index in [0.717, 1.165) is 4.90 Å². The summed E-state index contributed by atoms with van der Waals surface area (Å²) in [6.07, 6.45) is -0.217. The van der Waals surface area contributed by atoms with Crippen LogP contribution in [0, 0.1) is 4.84 Å². The number of esters is 1. The van der Waals surface area contributed by atoms with Crippen LogP contribution in [-0.2, 0) is 16.2 Å². The van der Waals surface area contributed by atoms with E-state index in [9.17, 15) is 9.90 Å². The molecule has 1 unspecified atom stereocenters. The number of carbonyl (C=O) groups excluding carboxylic acids is 1. The molecule has 9 nitrogen and oxygen atoms in total. The molecule has 1 aromatic carbocycles. The van der Waals surface area contributed by atoms with E-state index in [1.54, 1.807) is 12.1 Å². The molecule has 3 heterocycles. The highest BCUT2D eigenvalue weighted by Crippen LogP contribution is 2.35. The van der Waals surface area contributed by atoms with E-state index < -0.39 is 12.1 Å². The van der Waals surface area contributed by atoms with Crippen LogP contribution in [0.3, 0.4) is 0 Å². The number of quaternary nitrogens is 1. The Morgan fingerprint density at radius 2 is 2.27 bits per heavy atom. The average molecular weight is 380 g/mol. The third kappa shape index (κ3) is 3.06. The van der Waals surface area contributed by atoms with Gasteiger partial charge in [0.05, 0.1) is 7.11 Å². The van der Waals surface area contributed by atoms with Crippen molar-refractivity contribution in [1.82, 2.24) is 9.78 Å². The summed E-state index contributed by atoms with van der Waals surface area (Å²) >= 11 is 5.25. The topological polar surface area (TPSA) is 100 Å². The molecule has 2 aliphatic rings. The van der Waals surface area contributed by atoms with Gasteiger partial charge in [-0.05, 0) is 30.4 Å². The van der Waals surface area contributed by atoms with Crippen molar-refractivity contribution in [3.63, 3.8) is 0 Å². The van der Waals surface area contributed by atoms with Crippen LogP contribution in [0.2, 0.25) is 0 Å². The van der Waals surface area contributed by atoms with E-state index in [1.165, 1.54) is 11.8 Å². The van der Waals surface area contributed by atoms with Crippen LogP contribution in [-0.4, -0.2) is 53.4 Å². The van der Waals surface area contributed by atoms with Crippen LogP contribution in [0.25, 0.3) is 11.5 Å². The number of hydrogen-bond donors (Lipinski definition) is 2. The monoisotopic (exact) mass is 380 g/mol. The average Bonchev–Trinajstić information content (AvgIpc) is 3.33. The lowest BCUT2D eigenvalue weighted by atomic mass is 10.2. The van der Waals surface area contributed by atoms with Gasteiger partial charge in [0.25, 0.3) is 4.84 Å². The summed E-state index contributed by atoms with van der Waals surface area (Å²) in [4.78, 5) is 12.9. The highest BCUT2D eigenvalue weighted by atomic mass is 32.1. The maximum atomic E-state index is 11.9. The molecule has 1 aromatic heterocycles. The number of benzene rings is 1. The van der Waals surface area contributed by atoms with E-state index in [4.69, 9.17) is 30.8 Å². The number of fused-ring (bicyclic) bond motifs is 1. The molecule has 3 atom stereocenters. The summed E-state index contributed by atoms with van der Waals surface area (Å²) in [7, 11) is 1.34. The van der Waals surface area contributed by atoms with Gasteiger partial charge in [-0.25, -0.2) is 4.79 Å². The number of rotatable bonds is 4. The maximum Gasteiger partial charge on any atom is 0.364 e. The molecule has 1 saturated heterocycles. The fourth-order valence-electron chi connectivity index (χ4n) is 3.29. The first-order chi connectivity index (χ1) is 12.5. The first-order valence-electron chi connectivity index (χ1n) is 8.13. The molecule has 2 aromatic rings. The summed E-state index contributed by atoms with van der Waals surface area (Å²) in [5, 5.41) is 14.3. The molecule has 0 aliphatic carbocycles. The van der Waals surface area contributed by atoms with Crippen molar-refractivity contribution in [3.8, 4) is 23.0 Å². The Morgan fingerprint density at radius 1 is 1.46 bits per heavy atom. The Balaban J connectivity index is 1.57. The number of likely N-dealkylation sites (tertiary alicyclic amines) is 1. The van der Waals surface area contributed by atoms with Crippen molar-refractivity contribution >= 4 is 18.2 Å². The van der Waals surface area contributed by atoms with Crippen molar-refractivity contribution in [3.05, 3.63) is 23.0 Å². The van der Waals surface area contributed by atoms with Gasteiger partial charge < -0.3 is 28.6 Å². The van der Waals surface area contributed by atoms with Crippen molar-refractivity contribution in [2.75, 3.05) is 20.4 Å². The predicted molar refractivity (Wildman–Crippen MR) is 89.1 cm³/mol. The molecule has 0 amide bonds. The van der Waals surface area contributed by atoms with Crippen molar-refractivity contribution in [1.29, 1.82) is 0 Å². The minimum absolute atomic E-state index is 0.187. The van der Waals surface area contributed by atoms with Crippen LogP contribution < -0.4 is 14.4 Å². The zero-order valence-electron chi connectivity index (χ0n) is 14.0. The fraction of sp³-hybridized carbons (Fsp3) is 0.438. The van der Waals surface area contributed by atoms with Gasteiger partial charge in [0.15, 0.2) is 24.2 Å². The first kappa shape index (κ1) is 17.0. The van der Waals surface area contributed by atoms with Gasteiger partial charge in [-0.15, -0.1) is 5.10 Å². The molecule has 1 fully saturated rings. The molecule has 4 rings (SSSR count). The smallest absolute Gasteiger partial charge is 0.364 e. The second-order valence-corrected chi connectivity index (χ2v) is 6.58. The number of methoxy groups -OCH3 is 1. The van der Waals surface area contributed by atoms with E-state index >= 15 is 0 Å². The Morgan fingerprint density at radius 3 is 3.08 bits per heavy atom. The van der Waals surface area contributed by atoms with Crippen molar-refractivity contribution in [2.45, 2.75) is 25.2 Å². The standard InChI is InChI=1S/C16H17N3O6S/c1-22-15(21)11-5-10(20)6-18(11)7-19-16(26)25-14(17-19)9-2-3-12-13(4-9)24-8-23-12/h2-4,10-11,20H,5-8H2,1H3/p+1/t10-,11+/m1/s1. The molecular weight excluding hydrogens is 362 g/mol. The number of aromatic nitrogens is 2. The lowest BCUT2D eigenvalue weighted by Gasteiger charge is -2.18. The highest BCUT2D eigenvalue weighted by molar-refractivity contribution is 7.71. The van der Waals surface area contributed by atoms with E-state index in [-0.39, 0.29) is 17.6 Å². The molecular formula is C16H18N3O6S+. The van der Waals surface area contributed by atoms with E-state index in [0.29, 0.717) is 42.6 Å². The maximum absolute atomic E-state index is 11.9. The number of hydrogen-bond acceptors (Lipinski definition) is 8. The Hall–Kier alpha value is -2.43. The summed E-state index contributed by atoms with van der Waals surface area (Å²) in [6.45, 7) is 0.893. The van der Waals surface area contributed by atoms with Crippen LogP contribution >= 0.6 is 12.2 Å². The normalized spacial score (nSPS) is 24.0. The molecule has 0 bridgehead atoms. The second-order valence-electron chi connectivity index (χ2n) is 6.23. The molecule has 0 spiro atoms. The van der Waals surface area contributed by atoms with Gasteiger partial charge in [0, 0.05) is 12.0 Å². The number of nitrogens with zero attached hydrogens (tertiary/aromatic N) is 2. The quantitative estimate of drug-likeness (QED) is 0.553. The van der Waals surface area contributed by atoms with Gasteiger partial charge in [-0.1, -0.05) is 0 Å². The molecule has 138 valence electrons. The lowest BCUT2D eigenvalue weighted by molar-refractivity contribution is -0.928. The predicted octanol–water partition coefficient (Wildman–Crippen LogP) is -0.250. The second kappa shape index (κ2) is 6.71. The zero-order chi connectivity index (χ0) is 18.3. The number of aliphatic hydroxyl groups is 1. The van der Waals surface area contributed by atoms with Gasteiger partial charge in [0.2, 0.25) is 12.7 Å². The minimum atomic E-state index is -0.566. The Bertz CT molecular complexity index is 894. The summed E-state index contributed by atoms with van der Waals surface area (Å²) in [5.41, 5.74) is 0.708. The summed E-state index contributed by atoms with van der Waals surface area (Å²) in [5.74, 6) is 1.28. The van der Waals surface area contributed by atoms with Crippen LogP contribution in [0.1, 0.15) is 6.42 Å². The van der Waals surface area contributed by atoms with Crippen molar-refractivity contribution < 1.29 is 33.4 Å². The highest BCUT2D eigenvalue weighted by Gasteiger charge is 2.41. The first-order valence-corrected chi connectivity index (χ1v) is 8.54. The minimum Gasteiger partial charge on any atom is -0.465 e. The Labute approximate surface area is 153 Å². The number of ether oxygens (including phenoxy) is 3. The number of nitrogens with one attached hydrogen (secondary N) is 1. The fourth-order valence-corrected chi connectivity index (χ4v) is 3.48. The third-order valence-electron chi connectivity index (χ3n) is 4.56. The molecule has 10 heteroatoms.